The molecule has 1 aliphatic heterocycles. The van der Waals surface area contributed by atoms with Crippen molar-refractivity contribution in [2.45, 2.75) is 13.3 Å². The summed E-state index contributed by atoms with van der Waals surface area (Å²) < 4.78 is 1.99. The zero-order valence-corrected chi connectivity index (χ0v) is 12.7. The van der Waals surface area contributed by atoms with Crippen LogP contribution in [0.15, 0.2) is 30.5 Å². The van der Waals surface area contributed by atoms with Crippen molar-refractivity contribution < 1.29 is 14.7 Å². The van der Waals surface area contributed by atoms with Crippen LogP contribution in [0.25, 0.3) is 10.9 Å². The van der Waals surface area contributed by atoms with Crippen LogP contribution in [0.5, 0.6) is 0 Å². The van der Waals surface area contributed by atoms with Crippen molar-refractivity contribution in [3.05, 3.63) is 30.5 Å². The van der Waals surface area contributed by atoms with Gasteiger partial charge in [-0.25, -0.2) is 4.79 Å². The van der Waals surface area contributed by atoms with Crippen LogP contribution in [-0.2, 0) is 11.8 Å². The van der Waals surface area contributed by atoms with Gasteiger partial charge >= 0.3 is 12.0 Å². The lowest BCUT2D eigenvalue weighted by molar-refractivity contribution is -0.146. The van der Waals surface area contributed by atoms with Crippen molar-refractivity contribution in [3.63, 3.8) is 0 Å². The van der Waals surface area contributed by atoms with Crippen molar-refractivity contribution >= 4 is 28.6 Å². The predicted octanol–water partition coefficient (Wildman–Crippen LogP) is 2.51. The Hall–Kier alpha value is -2.50. The van der Waals surface area contributed by atoms with Crippen molar-refractivity contribution in [3.8, 4) is 0 Å². The topological polar surface area (TPSA) is 74.6 Å². The average Bonchev–Trinajstić information content (AvgIpc) is 3.04. The van der Waals surface area contributed by atoms with Crippen LogP contribution in [0.1, 0.15) is 13.3 Å². The number of aromatic nitrogens is 1. The standard InChI is InChI=1S/C16H19N3O3/c1-16(14(20)21)6-8-19(10-16)15(22)17-12-4-3-11-5-7-18(2)13(11)9-12/h3-5,7,9H,6,8,10H2,1-2H3,(H,17,22)(H,20,21). The van der Waals surface area contributed by atoms with Crippen molar-refractivity contribution in [1.82, 2.24) is 9.47 Å². The lowest BCUT2D eigenvalue weighted by Gasteiger charge is -2.20. The van der Waals surface area contributed by atoms with Gasteiger partial charge in [-0.1, -0.05) is 6.07 Å². The minimum atomic E-state index is -0.854. The third kappa shape index (κ3) is 2.41. The van der Waals surface area contributed by atoms with Gasteiger partial charge in [-0.05, 0) is 36.9 Å². The molecule has 1 aliphatic rings. The maximum atomic E-state index is 12.3. The van der Waals surface area contributed by atoms with Crippen LogP contribution in [0.4, 0.5) is 10.5 Å². The quantitative estimate of drug-likeness (QED) is 0.895. The molecule has 1 aromatic carbocycles. The molecule has 1 atom stereocenters. The molecule has 2 aromatic rings. The molecule has 2 amide bonds. The molecule has 6 nitrogen and oxygen atoms in total. The van der Waals surface area contributed by atoms with Crippen LogP contribution in [-0.4, -0.2) is 39.7 Å². The molecule has 0 spiro atoms. The number of likely N-dealkylation sites (tertiary alicyclic amines) is 1. The van der Waals surface area contributed by atoms with Gasteiger partial charge in [-0.2, -0.15) is 0 Å². The number of fused-ring (bicyclic) bond motifs is 1. The molecule has 0 aliphatic carbocycles. The minimum absolute atomic E-state index is 0.237. The maximum Gasteiger partial charge on any atom is 0.321 e. The van der Waals surface area contributed by atoms with Crippen LogP contribution in [0.3, 0.4) is 0 Å². The number of carbonyl (C=O) groups excluding carboxylic acids is 1. The summed E-state index contributed by atoms with van der Waals surface area (Å²) in [5, 5.41) is 13.2. The highest BCUT2D eigenvalue weighted by atomic mass is 16.4. The molecule has 0 saturated carbocycles. The fraction of sp³-hybridized carbons (Fsp3) is 0.375. The first-order chi connectivity index (χ1) is 10.4. The lowest BCUT2D eigenvalue weighted by Crippen LogP contribution is -2.37. The van der Waals surface area contributed by atoms with E-state index in [1.807, 2.05) is 42.1 Å². The lowest BCUT2D eigenvalue weighted by atomic mass is 9.90. The fourth-order valence-electron chi connectivity index (χ4n) is 2.85. The smallest absolute Gasteiger partial charge is 0.321 e. The van der Waals surface area contributed by atoms with E-state index in [1.165, 1.54) is 0 Å². The van der Waals surface area contributed by atoms with E-state index < -0.39 is 11.4 Å². The zero-order chi connectivity index (χ0) is 15.9. The van der Waals surface area contributed by atoms with Gasteiger partial charge in [0.2, 0.25) is 0 Å². The Balaban J connectivity index is 1.73. The number of carboxylic acids is 1. The second-order valence-corrected chi connectivity index (χ2v) is 6.17. The molecule has 1 unspecified atom stereocenters. The summed E-state index contributed by atoms with van der Waals surface area (Å²) in [6.07, 6.45) is 2.45. The summed E-state index contributed by atoms with van der Waals surface area (Å²) in [4.78, 5) is 25.1. The molecular weight excluding hydrogens is 282 g/mol. The number of anilines is 1. The molecule has 0 bridgehead atoms. The molecular formula is C16H19N3O3. The van der Waals surface area contributed by atoms with Gasteiger partial charge in [-0.3, -0.25) is 4.79 Å². The number of rotatable bonds is 2. The Morgan fingerprint density at radius 1 is 1.32 bits per heavy atom. The first kappa shape index (κ1) is 14.4. The largest absolute Gasteiger partial charge is 0.481 e. The number of carboxylic acid groups (broad SMARTS) is 1. The normalized spacial score (nSPS) is 21.3. The molecule has 1 saturated heterocycles. The number of nitrogens with one attached hydrogen (secondary N) is 1. The number of aliphatic carboxylic acids is 1. The van der Waals surface area contributed by atoms with Crippen molar-refractivity contribution in [2.24, 2.45) is 12.5 Å². The molecule has 1 fully saturated rings. The number of urea groups is 1. The third-order valence-electron chi connectivity index (χ3n) is 4.42. The maximum absolute atomic E-state index is 12.3. The molecule has 2 heterocycles. The molecule has 6 heteroatoms. The zero-order valence-electron chi connectivity index (χ0n) is 12.7. The van der Waals surface area contributed by atoms with Crippen LogP contribution < -0.4 is 5.32 Å². The summed E-state index contributed by atoms with van der Waals surface area (Å²) >= 11 is 0. The Bertz CT molecular complexity index is 752. The fourth-order valence-corrected chi connectivity index (χ4v) is 2.85. The van der Waals surface area contributed by atoms with E-state index in [9.17, 15) is 14.7 Å². The van der Waals surface area contributed by atoms with Crippen LogP contribution in [0, 0.1) is 5.41 Å². The first-order valence-electron chi connectivity index (χ1n) is 7.23. The van der Waals surface area contributed by atoms with Gasteiger partial charge in [0.15, 0.2) is 0 Å². The van der Waals surface area contributed by atoms with Crippen LogP contribution in [0.2, 0.25) is 0 Å². The number of benzene rings is 1. The second kappa shape index (κ2) is 5.05. The Morgan fingerprint density at radius 2 is 2.09 bits per heavy atom. The highest BCUT2D eigenvalue weighted by Gasteiger charge is 2.42. The van der Waals surface area contributed by atoms with Crippen LogP contribution >= 0.6 is 0 Å². The number of amides is 2. The van der Waals surface area contributed by atoms with Gasteiger partial charge in [0.05, 0.1) is 5.41 Å². The Labute approximate surface area is 128 Å². The molecule has 3 rings (SSSR count). The highest BCUT2D eigenvalue weighted by Crippen LogP contribution is 2.30. The highest BCUT2D eigenvalue weighted by molar-refractivity contribution is 5.93. The van der Waals surface area contributed by atoms with E-state index in [0.717, 1.165) is 10.9 Å². The van der Waals surface area contributed by atoms with E-state index in [2.05, 4.69) is 5.32 Å². The number of nitrogens with zero attached hydrogens (tertiary/aromatic N) is 2. The second-order valence-electron chi connectivity index (χ2n) is 6.17. The number of hydrogen-bond donors (Lipinski definition) is 2. The Kier molecular flexibility index (Phi) is 3.31. The van der Waals surface area contributed by atoms with E-state index in [-0.39, 0.29) is 12.6 Å². The summed E-state index contributed by atoms with van der Waals surface area (Å²) in [6.45, 7) is 2.38. The van der Waals surface area contributed by atoms with Gasteiger partial charge in [0.25, 0.3) is 0 Å². The molecule has 22 heavy (non-hydrogen) atoms. The summed E-state index contributed by atoms with van der Waals surface area (Å²) in [5.41, 5.74) is 0.900. The van der Waals surface area contributed by atoms with E-state index in [0.29, 0.717) is 18.7 Å². The monoisotopic (exact) mass is 301 g/mol. The van der Waals surface area contributed by atoms with E-state index in [1.54, 1.807) is 11.8 Å². The number of hydrogen-bond acceptors (Lipinski definition) is 2. The molecule has 1 aromatic heterocycles. The van der Waals surface area contributed by atoms with Gasteiger partial charge in [-0.15, -0.1) is 0 Å². The van der Waals surface area contributed by atoms with Crippen molar-refractivity contribution in [2.75, 3.05) is 18.4 Å². The molecule has 2 N–H and O–H groups in total. The first-order valence-corrected chi connectivity index (χ1v) is 7.23. The average molecular weight is 301 g/mol. The van der Waals surface area contributed by atoms with Crippen molar-refractivity contribution in [1.29, 1.82) is 0 Å². The summed E-state index contributed by atoms with van der Waals surface area (Å²) in [5.74, 6) is -0.854. The number of carbonyl (C=O) groups is 2. The number of aryl methyl sites for hydroxylation is 1. The summed E-state index contributed by atoms with van der Waals surface area (Å²) in [7, 11) is 1.95. The third-order valence-corrected chi connectivity index (χ3v) is 4.42. The van der Waals surface area contributed by atoms with Gasteiger partial charge in [0.1, 0.15) is 0 Å². The Morgan fingerprint density at radius 3 is 2.77 bits per heavy atom. The van der Waals surface area contributed by atoms with Gasteiger partial charge < -0.3 is 19.9 Å². The molecule has 116 valence electrons. The van der Waals surface area contributed by atoms with Gasteiger partial charge in [0, 0.05) is 37.5 Å². The summed E-state index contributed by atoms with van der Waals surface area (Å²) in [6, 6.07) is 7.49. The van der Waals surface area contributed by atoms with E-state index >= 15 is 0 Å². The molecule has 0 radical (unpaired) electrons. The predicted molar refractivity (Wildman–Crippen MR) is 83.9 cm³/mol. The van der Waals surface area contributed by atoms with E-state index in [4.69, 9.17) is 0 Å². The minimum Gasteiger partial charge on any atom is -0.481 e. The SMILES string of the molecule is Cn1ccc2ccc(NC(=O)N3CCC(C)(C(=O)O)C3)cc21.